The third-order valence-electron chi connectivity index (χ3n) is 5.56. The normalized spacial score (nSPS) is 27.3. The topological polar surface area (TPSA) is 18.5 Å². The van der Waals surface area contributed by atoms with Crippen molar-refractivity contribution in [2.75, 3.05) is 0 Å². The average molecular weight is 286 g/mol. The summed E-state index contributed by atoms with van der Waals surface area (Å²) in [5.74, 6) is 0.676. The summed E-state index contributed by atoms with van der Waals surface area (Å²) < 4.78 is 12.4. The van der Waals surface area contributed by atoms with Gasteiger partial charge in [0.05, 0.1) is 11.2 Å². The van der Waals surface area contributed by atoms with Gasteiger partial charge >= 0.3 is 7.12 Å². The molecule has 1 aliphatic carbocycles. The molecule has 114 valence electrons. The summed E-state index contributed by atoms with van der Waals surface area (Å²) in [6.07, 6.45) is 5.13. The molecule has 3 rings (SSSR count). The monoisotopic (exact) mass is 286 g/mol. The molecule has 1 aromatic rings. The SMILES string of the molecule is CC1CCCCc2cc(B3OC(C)(C)C(C)(C)O3)ccc21. The Kier molecular flexibility index (Phi) is 3.70. The van der Waals surface area contributed by atoms with Crippen LogP contribution in [0.5, 0.6) is 0 Å². The smallest absolute Gasteiger partial charge is 0.399 e. The molecule has 1 saturated heterocycles. The predicted octanol–water partition coefficient (Wildman–Crippen LogP) is 3.82. The maximum absolute atomic E-state index is 6.18. The number of fused-ring (bicyclic) bond motifs is 1. The van der Waals surface area contributed by atoms with E-state index >= 15 is 0 Å². The molecule has 0 spiro atoms. The van der Waals surface area contributed by atoms with Crippen molar-refractivity contribution < 1.29 is 9.31 Å². The fourth-order valence-corrected chi connectivity index (χ4v) is 3.37. The van der Waals surface area contributed by atoms with E-state index in [2.05, 4.69) is 52.8 Å². The van der Waals surface area contributed by atoms with Crippen LogP contribution in [-0.2, 0) is 15.7 Å². The van der Waals surface area contributed by atoms with Gasteiger partial charge < -0.3 is 9.31 Å². The van der Waals surface area contributed by atoms with Crippen LogP contribution in [0.1, 0.15) is 70.9 Å². The minimum Gasteiger partial charge on any atom is -0.399 e. The van der Waals surface area contributed by atoms with Crippen LogP contribution in [0.2, 0.25) is 0 Å². The van der Waals surface area contributed by atoms with Crippen molar-refractivity contribution in [3.05, 3.63) is 29.3 Å². The molecule has 1 heterocycles. The second-order valence-electron chi connectivity index (χ2n) is 7.69. The minimum absolute atomic E-state index is 0.237. The molecule has 1 unspecified atom stereocenters. The van der Waals surface area contributed by atoms with Gasteiger partial charge in [-0.15, -0.1) is 0 Å². The molecule has 1 aromatic carbocycles. The summed E-state index contributed by atoms with van der Waals surface area (Å²) in [7, 11) is -0.237. The highest BCUT2D eigenvalue weighted by atomic mass is 16.7. The fraction of sp³-hybridized carbons (Fsp3) is 0.667. The highest BCUT2D eigenvalue weighted by Crippen LogP contribution is 2.37. The molecule has 0 amide bonds. The van der Waals surface area contributed by atoms with Gasteiger partial charge in [-0.25, -0.2) is 0 Å². The zero-order valence-corrected chi connectivity index (χ0v) is 14.0. The molecule has 0 N–H and O–H groups in total. The summed E-state index contributed by atoms with van der Waals surface area (Å²) >= 11 is 0. The Hall–Kier alpha value is -0.795. The first-order valence-electron chi connectivity index (χ1n) is 8.28. The molecule has 0 aromatic heterocycles. The van der Waals surface area contributed by atoms with Crippen molar-refractivity contribution >= 4 is 12.6 Å². The van der Waals surface area contributed by atoms with Gasteiger partial charge in [-0.1, -0.05) is 31.5 Å². The molecule has 1 aliphatic heterocycles. The maximum atomic E-state index is 6.18. The van der Waals surface area contributed by atoms with E-state index in [1.807, 2.05) is 0 Å². The summed E-state index contributed by atoms with van der Waals surface area (Å²) in [4.78, 5) is 0. The van der Waals surface area contributed by atoms with Crippen LogP contribution >= 0.6 is 0 Å². The maximum Gasteiger partial charge on any atom is 0.494 e. The summed E-state index contributed by atoms with van der Waals surface area (Å²) in [5.41, 5.74) is 3.65. The first kappa shape index (κ1) is 15.1. The van der Waals surface area contributed by atoms with E-state index in [0.29, 0.717) is 5.92 Å². The van der Waals surface area contributed by atoms with Crippen LogP contribution in [0.15, 0.2) is 18.2 Å². The van der Waals surface area contributed by atoms with Crippen LogP contribution < -0.4 is 5.46 Å². The van der Waals surface area contributed by atoms with Crippen molar-refractivity contribution in [2.24, 2.45) is 0 Å². The predicted molar refractivity (Wildman–Crippen MR) is 88.1 cm³/mol. The molecule has 2 aliphatic rings. The van der Waals surface area contributed by atoms with Crippen LogP contribution in [0.25, 0.3) is 0 Å². The molecule has 0 bridgehead atoms. The molecule has 1 fully saturated rings. The Labute approximate surface area is 129 Å². The second kappa shape index (κ2) is 5.14. The van der Waals surface area contributed by atoms with Gasteiger partial charge in [-0.3, -0.25) is 0 Å². The van der Waals surface area contributed by atoms with Gasteiger partial charge in [-0.05, 0) is 69.5 Å². The number of hydrogen-bond donors (Lipinski definition) is 0. The Morgan fingerprint density at radius 1 is 1.05 bits per heavy atom. The highest BCUT2D eigenvalue weighted by Gasteiger charge is 2.51. The molecular formula is C18H27BO2. The van der Waals surface area contributed by atoms with Crippen LogP contribution in [-0.4, -0.2) is 18.3 Å². The summed E-state index contributed by atoms with van der Waals surface area (Å²) in [5, 5.41) is 0. The summed E-state index contributed by atoms with van der Waals surface area (Å²) in [6, 6.07) is 6.81. The molecular weight excluding hydrogens is 259 g/mol. The molecule has 0 radical (unpaired) electrons. The Balaban J connectivity index is 1.90. The van der Waals surface area contributed by atoms with Gasteiger partial charge in [0.2, 0.25) is 0 Å². The van der Waals surface area contributed by atoms with Crippen molar-refractivity contribution in [3.63, 3.8) is 0 Å². The quantitative estimate of drug-likeness (QED) is 0.577. The van der Waals surface area contributed by atoms with Crippen LogP contribution in [0, 0.1) is 0 Å². The first-order valence-corrected chi connectivity index (χ1v) is 8.28. The zero-order valence-electron chi connectivity index (χ0n) is 14.0. The van der Waals surface area contributed by atoms with E-state index in [1.54, 1.807) is 0 Å². The standard InChI is InChI=1S/C18H27BO2/c1-13-8-6-7-9-14-12-15(10-11-16(13)14)19-20-17(2,3)18(4,5)21-19/h10-13H,6-9H2,1-5H3. The highest BCUT2D eigenvalue weighted by molar-refractivity contribution is 6.62. The largest absolute Gasteiger partial charge is 0.494 e. The Bertz CT molecular complexity index is 520. The molecule has 2 nitrogen and oxygen atoms in total. The number of hydrogen-bond acceptors (Lipinski definition) is 2. The second-order valence-corrected chi connectivity index (χ2v) is 7.69. The van der Waals surface area contributed by atoms with Gasteiger partial charge in [0, 0.05) is 0 Å². The zero-order chi connectivity index (χ0) is 15.3. The van der Waals surface area contributed by atoms with E-state index in [0.717, 1.165) is 0 Å². The lowest BCUT2D eigenvalue weighted by molar-refractivity contribution is 0.00578. The lowest BCUT2D eigenvalue weighted by Crippen LogP contribution is -2.41. The van der Waals surface area contributed by atoms with Gasteiger partial charge in [0.25, 0.3) is 0 Å². The Morgan fingerprint density at radius 2 is 1.71 bits per heavy atom. The van der Waals surface area contributed by atoms with Crippen LogP contribution in [0.4, 0.5) is 0 Å². The number of rotatable bonds is 1. The van der Waals surface area contributed by atoms with Crippen molar-refractivity contribution in [3.8, 4) is 0 Å². The third-order valence-corrected chi connectivity index (χ3v) is 5.56. The molecule has 3 heteroatoms. The first-order chi connectivity index (χ1) is 9.80. The number of aryl methyl sites for hydroxylation is 1. The fourth-order valence-electron chi connectivity index (χ4n) is 3.37. The number of benzene rings is 1. The van der Waals surface area contributed by atoms with Gasteiger partial charge in [0.15, 0.2) is 0 Å². The average Bonchev–Trinajstić information content (AvgIpc) is 2.54. The van der Waals surface area contributed by atoms with E-state index in [1.165, 1.54) is 42.3 Å². The molecule has 21 heavy (non-hydrogen) atoms. The molecule has 0 saturated carbocycles. The van der Waals surface area contributed by atoms with E-state index in [4.69, 9.17) is 9.31 Å². The third kappa shape index (κ3) is 2.66. The lowest BCUT2D eigenvalue weighted by atomic mass is 9.76. The summed E-state index contributed by atoms with van der Waals surface area (Å²) in [6.45, 7) is 10.8. The Morgan fingerprint density at radius 3 is 2.38 bits per heavy atom. The van der Waals surface area contributed by atoms with E-state index in [-0.39, 0.29) is 18.3 Å². The van der Waals surface area contributed by atoms with Gasteiger partial charge in [0.1, 0.15) is 0 Å². The van der Waals surface area contributed by atoms with Crippen molar-refractivity contribution in [2.45, 2.75) is 77.4 Å². The minimum atomic E-state index is -0.266. The van der Waals surface area contributed by atoms with E-state index in [9.17, 15) is 0 Å². The lowest BCUT2D eigenvalue weighted by Gasteiger charge is -2.32. The van der Waals surface area contributed by atoms with Gasteiger partial charge in [-0.2, -0.15) is 0 Å². The van der Waals surface area contributed by atoms with Crippen molar-refractivity contribution in [1.82, 2.24) is 0 Å². The van der Waals surface area contributed by atoms with Crippen molar-refractivity contribution in [1.29, 1.82) is 0 Å². The van der Waals surface area contributed by atoms with E-state index < -0.39 is 0 Å². The molecule has 1 atom stereocenters. The van der Waals surface area contributed by atoms with Crippen LogP contribution in [0.3, 0.4) is 0 Å².